The third-order valence-electron chi connectivity index (χ3n) is 5.95. The smallest absolute Gasteiger partial charge is 0.0425 e. The molecule has 0 bridgehead atoms. The predicted octanol–water partition coefficient (Wildman–Crippen LogP) is 10.1. The van der Waals surface area contributed by atoms with Gasteiger partial charge in [0.05, 0.1) is 0 Å². The zero-order valence-corrected chi connectivity index (χ0v) is 24.9. The number of nitrogens with zero attached hydrogens (tertiary/aromatic N) is 1. The van der Waals surface area contributed by atoms with Crippen molar-refractivity contribution in [1.82, 2.24) is 0 Å². The fraction of sp³-hybridized carbons (Fsp3) is 0.714. The summed E-state index contributed by atoms with van der Waals surface area (Å²) in [4.78, 5) is 0. The molecule has 0 heterocycles. The molecule has 0 saturated heterocycles. The van der Waals surface area contributed by atoms with Crippen LogP contribution in [-0.2, 0) is 21.7 Å². The summed E-state index contributed by atoms with van der Waals surface area (Å²) in [5.74, 6) is 2.38. The van der Waals surface area contributed by atoms with Crippen LogP contribution in [0.5, 0.6) is 0 Å². The third-order valence-corrected chi connectivity index (χ3v) is 9.90. The van der Waals surface area contributed by atoms with Gasteiger partial charge >= 0.3 is 0 Å². The Morgan fingerprint density at radius 2 is 1.23 bits per heavy atom. The van der Waals surface area contributed by atoms with Gasteiger partial charge in [-0.15, -0.1) is 0 Å². The van der Waals surface area contributed by atoms with Gasteiger partial charge in [-0.25, -0.2) is 0 Å². The van der Waals surface area contributed by atoms with Crippen molar-refractivity contribution in [1.29, 1.82) is 0 Å². The van der Waals surface area contributed by atoms with Gasteiger partial charge in [0.2, 0.25) is 0 Å². The van der Waals surface area contributed by atoms with E-state index in [4.69, 9.17) is 4.74 Å². The molecule has 0 amide bonds. The first-order chi connectivity index (χ1) is 14.0. The van der Waals surface area contributed by atoms with Crippen LogP contribution in [0.25, 0.3) is 0 Å². The van der Waals surface area contributed by atoms with Crippen molar-refractivity contribution in [2.45, 2.75) is 94.9 Å². The van der Waals surface area contributed by atoms with Crippen molar-refractivity contribution in [2.75, 3.05) is 18.5 Å². The van der Waals surface area contributed by atoms with Crippen LogP contribution in [0.15, 0.2) is 52.0 Å². The van der Waals surface area contributed by atoms with Crippen molar-refractivity contribution in [3.8, 4) is 0 Å². The van der Waals surface area contributed by atoms with E-state index in [0.29, 0.717) is 0 Å². The van der Waals surface area contributed by atoms with Crippen LogP contribution in [0.4, 0.5) is 0 Å². The fourth-order valence-electron chi connectivity index (χ4n) is 3.22. The summed E-state index contributed by atoms with van der Waals surface area (Å²) in [6.07, 6.45) is 20.1. The third kappa shape index (κ3) is 16.2. The monoisotopic (exact) mass is 481 g/mol. The molecule has 0 atom stereocenters. The summed E-state index contributed by atoms with van der Waals surface area (Å²) in [6.45, 7) is 22.5. The molecule has 0 radical (unpaired) electrons. The molecule has 0 aromatic heterocycles. The Hall–Kier alpha value is -0.0957. The normalized spacial score (nSPS) is 14.5. The average Bonchev–Trinajstić information content (AvgIpc) is 3.20. The maximum atomic E-state index is 5.43. The number of hydrogen-bond acceptors (Lipinski definition) is 1. The van der Waals surface area contributed by atoms with Crippen LogP contribution < -0.4 is 0 Å². The Balaban J connectivity index is 0. The summed E-state index contributed by atoms with van der Waals surface area (Å²) in [5.41, 5.74) is 4.09. The first kappa shape index (κ1) is 33.1. The summed E-state index contributed by atoms with van der Waals surface area (Å²) >= 11 is 0. The van der Waals surface area contributed by atoms with Crippen LogP contribution >= 0.6 is 7.05 Å². The van der Waals surface area contributed by atoms with Gasteiger partial charge < -0.3 is 0 Å². The van der Waals surface area contributed by atoms with Gasteiger partial charge in [0, 0.05) is 33.8 Å². The molecular weight excluding hydrogens is 429 g/mol. The molecule has 0 fully saturated rings. The minimum absolute atomic E-state index is 0. The second kappa shape index (κ2) is 18.3. The topological polar surface area (TPSA) is 12.4 Å². The van der Waals surface area contributed by atoms with E-state index in [-0.39, 0.29) is 21.7 Å². The van der Waals surface area contributed by atoms with E-state index in [1.807, 2.05) is 0 Å². The van der Waals surface area contributed by atoms with Gasteiger partial charge in [-0.1, -0.05) is 77.0 Å². The Labute approximate surface area is 211 Å². The van der Waals surface area contributed by atoms with Crippen molar-refractivity contribution in [3.05, 3.63) is 47.2 Å². The second-order valence-corrected chi connectivity index (χ2v) is 13.9. The molecule has 0 aromatic rings. The molecule has 0 N–H and O–H groups in total. The van der Waals surface area contributed by atoms with Crippen LogP contribution in [0.2, 0.25) is 0 Å². The Kier molecular flexibility index (Phi) is 19.6. The summed E-state index contributed by atoms with van der Waals surface area (Å²) in [5, 5.41) is 0. The van der Waals surface area contributed by atoms with Gasteiger partial charge in [0.15, 0.2) is 0 Å². The summed E-state index contributed by atoms with van der Waals surface area (Å²) in [6, 6.07) is 0. The predicted molar refractivity (Wildman–Crippen MR) is 143 cm³/mol. The molecule has 3 heteroatoms. The quantitative estimate of drug-likeness (QED) is 0.158. The molecule has 0 spiro atoms. The van der Waals surface area contributed by atoms with Crippen molar-refractivity contribution in [2.24, 2.45) is 22.5 Å². The van der Waals surface area contributed by atoms with E-state index in [1.165, 1.54) is 54.6 Å². The van der Waals surface area contributed by atoms with Crippen LogP contribution in [0.1, 0.15) is 94.9 Å². The zero-order chi connectivity index (χ0) is 23.2. The first-order valence-corrected chi connectivity index (χ1v) is 14.6. The molecule has 0 aliphatic heterocycles. The van der Waals surface area contributed by atoms with Gasteiger partial charge in [0.1, 0.15) is 0 Å². The van der Waals surface area contributed by atoms with Crippen LogP contribution in [0, 0.1) is 17.8 Å². The maximum absolute atomic E-state index is 5.43. The SMILES string of the molecule is CC(C)CCP(CCC(C)C)(CCC(C)C)=NC1=CC=CC1.CC=C(C)C(C)=CC.[Ti]. The Bertz CT molecular complexity index is 594. The van der Waals surface area contributed by atoms with E-state index >= 15 is 0 Å². The van der Waals surface area contributed by atoms with E-state index in [2.05, 4.69) is 99.6 Å². The molecule has 0 unspecified atom stereocenters. The van der Waals surface area contributed by atoms with Crippen LogP contribution in [-0.4, -0.2) is 18.5 Å². The molecule has 1 aliphatic rings. The zero-order valence-electron chi connectivity index (χ0n) is 22.5. The minimum Gasteiger partial charge on any atom is -0.272 e. The minimum atomic E-state index is -1.19. The molecule has 1 aliphatic carbocycles. The molecule has 31 heavy (non-hydrogen) atoms. The fourth-order valence-corrected chi connectivity index (χ4v) is 7.87. The second-order valence-electron chi connectivity index (χ2n) is 10.1. The van der Waals surface area contributed by atoms with Crippen molar-refractivity contribution in [3.63, 3.8) is 0 Å². The number of allylic oxidation sites excluding steroid dienone is 7. The van der Waals surface area contributed by atoms with E-state index in [9.17, 15) is 0 Å². The van der Waals surface area contributed by atoms with E-state index < -0.39 is 7.05 Å². The van der Waals surface area contributed by atoms with Crippen molar-refractivity contribution >= 4 is 7.05 Å². The van der Waals surface area contributed by atoms with Gasteiger partial charge in [0.25, 0.3) is 0 Å². The Morgan fingerprint density at radius 3 is 1.48 bits per heavy atom. The molecule has 1 nitrogen and oxygen atoms in total. The Morgan fingerprint density at radius 1 is 0.839 bits per heavy atom. The number of rotatable bonds is 11. The molecule has 0 saturated carbocycles. The standard InChI is InChI=1S/C20H38NP.C8H14.Ti/c1-17(2)11-14-22(15-12-18(3)4,16-13-19(5)6)21-20-9-7-8-10-20;1-5-7(3)8(4)6-2;/h7-9,17-19H,10-16H2,1-6H3;5-6H,1-4H3;. The van der Waals surface area contributed by atoms with E-state index in [1.54, 1.807) is 0 Å². The van der Waals surface area contributed by atoms with Gasteiger partial charge in [-0.05, 0) is 96.3 Å². The largest absolute Gasteiger partial charge is 0.272 e. The van der Waals surface area contributed by atoms with Gasteiger partial charge in [-0.3, -0.25) is 4.74 Å². The summed E-state index contributed by atoms with van der Waals surface area (Å²) < 4.78 is 5.43. The molecule has 1 rings (SSSR count). The molecule has 178 valence electrons. The van der Waals surface area contributed by atoms with Crippen LogP contribution in [0.3, 0.4) is 0 Å². The number of hydrogen-bond donors (Lipinski definition) is 0. The summed E-state index contributed by atoms with van der Waals surface area (Å²) in [7, 11) is -1.19. The van der Waals surface area contributed by atoms with Gasteiger partial charge in [-0.2, -0.15) is 0 Å². The maximum Gasteiger partial charge on any atom is 0.0425 e. The molecular formula is C28H52NPTi. The molecule has 0 aromatic carbocycles. The first-order valence-electron chi connectivity index (χ1n) is 12.3. The average molecular weight is 482 g/mol. The van der Waals surface area contributed by atoms with E-state index in [0.717, 1.165) is 24.2 Å². The van der Waals surface area contributed by atoms with Crippen molar-refractivity contribution < 1.29 is 21.7 Å².